The van der Waals surface area contributed by atoms with E-state index in [9.17, 15) is 4.79 Å². The van der Waals surface area contributed by atoms with Gasteiger partial charge < -0.3 is 0 Å². The van der Waals surface area contributed by atoms with E-state index < -0.39 is 0 Å². The molecule has 1 aliphatic rings. The van der Waals surface area contributed by atoms with Gasteiger partial charge in [-0.1, -0.05) is 13.0 Å². The van der Waals surface area contributed by atoms with Gasteiger partial charge >= 0.3 is 0 Å². The molecule has 0 amide bonds. The lowest BCUT2D eigenvalue weighted by Crippen LogP contribution is -2.14. The second-order valence-corrected chi connectivity index (χ2v) is 4.70. The molecule has 2 aromatic heterocycles. The molecule has 0 atom stereocenters. The first-order valence-electron chi connectivity index (χ1n) is 6.63. The number of carbonyl (C=O) groups is 1. The predicted molar refractivity (Wildman–Crippen MR) is 71.9 cm³/mol. The Balaban J connectivity index is 2.09. The maximum absolute atomic E-state index is 11.8. The molecule has 4 heteroatoms. The Bertz CT molecular complexity index is 637. The average molecular weight is 253 g/mol. The van der Waals surface area contributed by atoms with Crippen molar-refractivity contribution in [3.8, 4) is 11.5 Å². The topological polar surface area (TPSA) is 55.7 Å². The van der Waals surface area contributed by atoms with Gasteiger partial charge in [-0.2, -0.15) is 0 Å². The van der Waals surface area contributed by atoms with Gasteiger partial charge in [-0.05, 0) is 30.9 Å². The Kier molecular flexibility index (Phi) is 3.07. The van der Waals surface area contributed by atoms with Gasteiger partial charge in [0.25, 0.3) is 0 Å². The molecule has 19 heavy (non-hydrogen) atoms. The van der Waals surface area contributed by atoms with Crippen LogP contribution in [0.15, 0.2) is 24.5 Å². The first kappa shape index (κ1) is 12.0. The zero-order valence-corrected chi connectivity index (χ0v) is 10.9. The molecular weight excluding hydrogens is 238 g/mol. The molecule has 0 bridgehead atoms. The molecule has 2 aromatic rings. The minimum Gasteiger partial charge on any atom is -0.294 e. The third-order valence-corrected chi connectivity index (χ3v) is 3.47. The summed E-state index contributed by atoms with van der Waals surface area (Å²) < 4.78 is 0. The summed E-state index contributed by atoms with van der Waals surface area (Å²) in [6.45, 7) is 2.09. The van der Waals surface area contributed by atoms with Crippen molar-refractivity contribution < 1.29 is 4.79 Å². The Morgan fingerprint density at radius 1 is 1.26 bits per heavy atom. The van der Waals surface area contributed by atoms with Crippen LogP contribution in [0.25, 0.3) is 11.5 Å². The van der Waals surface area contributed by atoms with Gasteiger partial charge in [-0.15, -0.1) is 0 Å². The largest absolute Gasteiger partial charge is 0.294 e. The van der Waals surface area contributed by atoms with E-state index in [-0.39, 0.29) is 5.78 Å². The van der Waals surface area contributed by atoms with Crippen LogP contribution in [0.2, 0.25) is 0 Å². The zero-order valence-electron chi connectivity index (χ0n) is 10.9. The second-order valence-electron chi connectivity index (χ2n) is 4.70. The number of aromatic nitrogens is 3. The number of fused-ring (bicyclic) bond motifs is 1. The van der Waals surface area contributed by atoms with E-state index in [0.29, 0.717) is 17.8 Å². The minimum absolute atomic E-state index is 0.157. The molecule has 0 fully saturated rings. The van der Waals surface area contributed by atoms with Gasteiger partial charge in [0.05, 0.1) is 11.3 Å². The third-order valence-electron chi connectivity index (χ3n) is 3.47. The van der Waals surface area contributed by atoms with Crippen LogP contribution in [-0.4, -0.2) is 20.7 Å². The van der Waals surface area contributed by atoms with Crippen molar-refractivity contribution in [3.63, 3.8) is 0 Å². The molecule has 0 radical (unpaired) electrons. The average Bonchev–Trinajstić information content (AvgIpc) is 2.47. The van der Waals surface area contributed by atoms with Crippen LogP contribution >= 0.6 is 0 Å². The Labute approximate surface area is 111 Å². The van der Waals surface area contributed by atoms with E-state index in [0.717, 1.165) is 36.2 Å². The standard InChI is InChI=1S/C15H15N3O/c1-2-10-5-4-8-16-14(10)15-17-9-11-12(18-15)6-3-7-13(11)19/h4-5,8-9H,2-3,6-7H2,1H3. The summed E-state index contributed by atoms with van der Waals surface area (Å²) in [5.74, 6) is 0.787. The number of hydrogen-bond donors (Lipinski definition) is 0. The molecule has 96 valence electrons. The summed E-state index contributed by atoms with van der Waals surface area (Å²) in [6.07, 6.45) is 6.65. The highest BCUT2D eigenvalue weighted by Gasteiger charge is 2.20. The van der Waals surface area contributed by atoms with Crippen molar-refractivity contribution in [1.82, 2.24) is 15.0 Å². The fourth-order valence-electron chi connectivity index (χ4n) is 2.43. The van der Waals surface area contributed by atoms with Gasteiger partial charge in [0.15, 0.2) is 11.6 Å². The summed E-state index contributed by atoms with van der Waals surface area (Å²) in [6, 6.07) is 3.96. The quantitative estimate of drug-likeness (QED) is 0.825. The van der Waals surface area contributed by atoms with E-state index in [1.54, 1.807) is 12.4 Å². The maximum Gasteiger partial charge on any atom is 0.178 e. The fraction of sp³-hybridized carbons (Fsp3) is 0.333. The highest BCUT2D eigenvalue weighted by molar-refractivity contribution is 5.97. The highest BCUT2D eigenvalue weighted by atomic mass is 16.1. The van der Waals surface area contributed by atoms with Crippen molar-refractivity contribution in [2.75, 3.05) is 0 Å². The molecule has 0 unspecified atom stereocenters. The molecular formula is C15H15N3O. The van der Waals surface area contributed by atoms with E-state index >= 15 is 0 Å². The first-order valence-corrected chi connectivity index (χ1v) is 6.63. The van der Waals surface area contributed by atoms with Crippen molar-refractivity contribution >= 4 is 5.78 Å². The van der Waals surface area contributed by atoms with Gasteiger partial charge in [-0.3, -0.25) is 9.78 Å². The van der Waals surface area contributed by atoms with E-state index in [4.69, 9.17) is 0 Å². The van der Waals surface area contributed by atoms with Crippen LogP contribution in [0, 0.1) is 0 Å². The molecule has 0 N–H and O–H groups in total. The number of hydrogen-bond acceptors (Lipinski definition) is 4. The van der Waals surface area contributed by atoms with Gasteiger partial charge in [-0.25, -0.2) is 9.97 Å². The number of aryl methyl sites for hydroxylation is 2. The number of Topliss-reactive ketones (excluding diaryl/α,β-unsaturated/α-hetero) is 1. The summed E-state index contributed by atoms with van der Waals surface area (Å²) in [5, 5.41) is 0. The molecule has 0 aliphatic heterocycles. The number of rotatable bonds is 2. The number of nitrogens with zero attached hydrogens (tertiary/aromatic N) is 3. The molecule has 0 spiro atoms. The normalized spacial score (nSPS) is 14.3. The van der Waals surface area contributed by atoms with Crippen LogP contribution in [0.5, 0.6) is 0 Å². The van der Waals surface area contributed by atoms with Crippen LogP contribution in [-0.2, 0) is 12.8 Å². The Morgan fingerprint density at radius 3 is 3.00 bits per heavy atom. The van der Waals surface area contributed by atoms with E-state index in [1.807, 2.05) is 12.1 Å². The van der Waals surface area contributed by atoms with Gasteiger partial charge in [0, 0.05) is 18.8 Å². The molecule has 0 saturated heterocycles. The lowest BCUT2D eigenvalue weighted by atomic mass is 9.96. The SMILES string of the molecule is CCc1cccnc1-c1ncc2c(n1)CCCC2=O. The Hall–Kier alpha value is -2.10. The van der Waals surface area contributed by atoms with Crippen LogP contribution < -0.4 is 0 Å². The van der Waals surface area contributed by atoms with E-state index in [1.165, 1.54) is 0 Å². The lowest BCUT2D eigenvalue weighted by molar-refractivity contribution is 0.0971. The first-order chi connectivity index (χ1) is 9.29. The van der Waals surface area contributed by atoms with Crippen molar-refractivity contribution in [2.45, 2.75) is 32.6 Å². The van der Waals surface area contributed by atoms with Crippen LogP contribution in [0.4, 0.5) is 0 Å². The summed E-state index contributed by atoms with van der Waals surface area (Å²) in [4.78, 5) is 25.0. The third kappa shape index (κ3) is 2.14. The monoisotopic (exact) mass is 253 g/mol. The van der Waals surface area contributed by atoms with Gasteiger partial charge in [0.1, 0.15) is 5.69 Å². The molecule has 4 nitrogen and oxygen atoms in total. The molecule has 1 aliphatic carbocycles. The minimum atomic E-state index is 0.157. The van der Waals surface area contributed by atoms with Crippen molar-refractivity contribution in [2.24, 2.45) is 0 Å². The number of ketones is 1. The number of pyridine rings is 1. The van der Waals surface area contributed by atoms with Crippen molar-refractivity contribution in [3.05, 3.63) is 41.3 Å². The van der Waals surface area contributed by atoms with Crippen LogP contribution in [0.1, 0.15) is 41.4 Å². The second kappa shape index (κ2) is 4.88. The van der Waals surface area contributed by atoms with E-state index in [2.05, 4.69) is 21.9 Å². The zero-order chi connectivity index (χ0) is 13.2. The smallest absolute Gasteiger partial charge is 0.178 e. The highest BCUT2D eigenvalue weighted by Crippen LogP contribution is 2.23. The molecule has 0 aromatic carbocycles. The summed E-state index contributed by atoms with van der Waals surface area (Å²) in [7, 11) is 0. The molecule has 2 heterocycles. The van der Waals surface area contributed by atoms with Crippen LogP contribution in [0.3, 0.4) is 0 Å². The fourth-order valence-corrected chi connectivity index (χ4v) is 2.43. The molecule has 0 saturated carbocycles. The number of carbonyl (C=O) groups excluding carboxylic acids is 1. The van der Waals surface area contributed by atoms with Crippen molar-refractivity contribution in [1.29, 1.82) is 0 Å². The summed E-state index contributed by atoms with van der Waals surface area (Å²) in [5.41, 5.74) is 3.51. The summed E-state index contributed by atoms with van der Waals surface area (Å²) >= 11 is 0. The predicted octanol–water partition coefficient (Wildman–Crippen LogP) is 2.62. The molecule has 3 rings (SSSR count). The maximum atomic E-state index is 11.8. The lowest BCUT2D eigenvalue weighted by Gasteiger charge is -2.14. The Morgan fingerprint density at radius 2 is 2.16 bits per heavy atom. The van der Waals surface area contributed by atoms with Gasteiger partial charge in [0.2, 0.25) is 0 Å².